The van der Waals surface area contributed by atoms with Crippen molar-refractivity contribution < 1.29 is 24.2 Å². The van der Waals surface area contributed by atoms with E-state index in [0.29, 0.717) is 53.4 Å². The maximum Gasteiger partial charge on any atom is 0.407 e. The molecule has 0 saturated heterocycles. The number of benzene rings is 3. The lowest BCUT2D eigenvalue weighted by molar-refractivity contribution is 0.0492. The number of carbonyl (C=O) groups is 3. The van der Waals surface area contributed by atoms with E-state index in [9.17, 15) is 19.5 Å². The second-order valence-corrected chi connectivity index (χ2v) is 14.5. The number of nitrogens with two attached hydrogens (primary N) is 1. The van der Waals surface area contributed by atoms with Gasteiger partial charge in [-0.1, -0.05) is 68.8 Å². The molecule has 242 valence electrons. The average molecular weight is 662 g/mol. The van der Waals surface area contributed by atoms with Crippen molar-refractivity contribution in [1.82, 2.24) is 9.80 Å². The standard InChI is InChI=1S/C36H40ClN3O5S/c1-36(2,3)21-40(35(43)44)27-16-14-26(15-17-27)39(34(42)32-31(37)28-7-5-6-8-30(28)46-32)20-25-19-24(13-18-29(25)45-4)22-9-11-23(12-10-22)33(38)41/h5-13,18-19,26-27H,14-17,20-21H2,1-4H3,(H2,38,41)(H,43,44). The average Bonchev–Trinajstić information content (AvgIpc) is 3.38. The number of hydrogen-bond donors (Lipinski definition) is 2. The highest BCUT2D eigenvalue weighted by Crippen LogP contribution is 2.39. The van der Waals surface area contributed by atoms with E-state index in [2.05, 4.69) is 0 Å². The Morgan fingerprint density at radius 2 is 1.54 bits per heavy atom. The van der Waals surface area contributed by atoms with Crippen LogP contribution in [0.1, 0.15) is 72.0 Å². The Hall–Kier alpha value is -4.08. The van der Waals surface area contributed by atoms with Crippen LogP contribution in [0, 0.1) is 5.41 Å². The third-order valence-electron chi connectivity index (χ3n) is 8.55. The maximum atomic E-state index is 14.5. The number of methoxy groups -OCH3 is 1. The summed E-state index contributed by atoms with van der Waals surface area (Å²) >= 11 is 8.22. The Kier molecular flexibility index (Phi) is 9.93. The molecule has 0 atom stereocenters. The number of carbonyl (C=O) groups excluding carboxylic acids is 2. The Morgan fingerprint density at radius 3 is 2.11 bits per heavy atom. The van der Waals surface area contributed by atoms with Crippen molar-refractivity contribution in [3.8, 4) is 16.9 Å². The van der Waals surface area contributed by atoms with E-state index in [1.807, 2.05) is 80.3 Å². The van der Waals surface area contributed by atoms with Crippen LogP contribution in [0.3, 0.4) is 0 Å². The number of primary amides is 1. The third kappa shape index (κ3) is 7.32. The van der Waals surface area contributed by atoms with E-state index in [0.717, 1.165) is 26.8 Å². The maximum absolute atomic E-state index is 14.5. The number of thiophene rings is 1. The number of fused-ring (bicyclic) bond motifs is 1. The van der Waals surface area contributed by atoms with Gasteiger partial charge in [0.25, 0.3) is 5.91 Å². The molecule has 4 aromatic rings. The molecule has 3 amide bonds. The van der Waals surface area contributed by atoms with Crippen molar-refractivity contribution in [2.24, 2.45) is 11.1 Å². The van der Waals surface area contributed by atoms with E-state index in [1.54, 1.807) is 24.1 Å². The Morgan fingerprint density at radius 1 is 0.935 bits per heavy atom. The molecule has 0 aliphatic heterocycles. The lowest BCUT2D eigenvalue weighted by Gasteiger charge is -2.41. The second-order valence-electron chi connectivity index (χ2n) is 13.1. The van der Waals surface area contributed by atoms with E-state index in [4.69, 9.17) is 22.1 Å². The monoisotopic (exact) mass is 661 g/mol. The van der Waals surface area contributed by atoms with Crippen LogP contribution in [0.5, 0.6) is 5.75 Å². The van der Waals surface area contributed by atoms with Gasteiger partial charge in [-0.2, -0.15) is 0 Å². The van der Waals surface area contributed by atoms with Gasteiger partial charge in [-0.3, -0.25) is 9.59 Å². The van der Waals surface area contributed by atoms with Crippen LogP contribution in [0.2, 0.25) is 5.02 Å². The van der Waals surface area contributed by atoms with Gasteiger partial charge in [-0.25, -0.2) is 4.79 Å². The Balaban J connectivity index is 1.48. The van der Waals surface area contributed by atoms with Gasteiger partial charge in [0.2, 0.25) is 5.91 Å². The van der Waals surface area contributed by atoms with Crippen LogP contribution in [0.15, 0.2) is 66.7 Å². The third-order valence-corrected chi connectivity index (χ3v) is 10.2. The fourth-order valence-corrected chi connectivity index (χ4v) is 7.75. The first kappa shape index (κ1) is 33.3. The zero-order valence-corrected chi connectivity index (χ0v) is 28.2. The number of rotatable bonds is 9. The van der Waals surface area contributed by atoms with Gasteiger partial charge in [0.1, 0.15) is 10.6 Å². The molecule has 1 aliphatic rings. The van der Waals surface area contributed by atoms with Crippen LogP contribution in [0.25, 0.3) is 21.2 Å². The summed E-state index contributed by atoms with van der Waals surface area (Å²) in [6.45, 7) is 6.84. The molecule has 0 bridgehead atoms. The van der Waals surface area contributed by atoms with Crippen molar-refractivity contribution in [2.75, 3.05) is 13.7 Å². The van der Waals surface area contributed by atoms with Crippen molar-refractivity contribution in [3.63, 3.8) is 0 Å². The molecule has 3 N–H and O–H groups in total. The molecular formula is C36H40ClN3O5S. The first-order valence-corrected chi connectivity index (χ1v) is 16.6. The summed E-state index contributed by atoms with van der Waals surface area (Å²) in [5, 5.41) is 11.3. The summed E-state index contributed by atoms with van der Waals surface area (Å²) in [6.07, 6.45) is 1.71. The molecule has 1 fully saturated rings. The van der Waals surface area contributed by atoms with E-state index in [-0.39, 0.29) is 30.0 Å². The molecule has 1 aromatic heterocycles. The number of nitrogens with zero attached hydrogens (tertiary/aromatic N) is 2. The van der Waals surface area contributed by atoms with Crippen LogP contribution in [-0.2, 0) is 6.54 Å². The number of carboxylic acid groups (broad SMARTS) is 1. The van der Waals surface area contributed by atoms with Crippen molar-refractivity contribution >= 4 is 50.9 Å². The number of ether oxygens (including phenoxy) is 1. The minimum absolute atomic E-state index is 0.112. The molecule has 5 rings (SSSR count). The first-order valence-electron chi connectivity index (χ1n) is 15.4. The largest absolute Gasteiger partial charge is 0.496 e. The smallest absolute Gasteiger partial charge is 0.407 e. The van der Waals surface area contributed by atoms with Gasteiger partial charge < -0.3 is 25.4 Å². The van der Waals surface area contributed by atoms with Crippen molar-refractivity contribution in [1.29, 1.82) is 0 Å². The van der Waals surface area contributed by atoms with Gasteiger partial charge in [0, 0.05) is 46.4 Å². The summed E-state index contributed by atoms with van der Waals surface area (Å²) < 4.78 is 6.70. The Bertz CT molecular complexity index is 1740. The summed E-state index contributed by atoms with van der Waals surface area (Å²) in [5.74, 6) is 0.00184. The zero-order valence-electron chi connectivity index (χ0n) is 26.6. The van der Waals surface area contributed by atoms with E-state index >= 15 is 0 Å². The van der Waals surface area contributed by atoms with Crippen LogP contribution < -0.4 is 10.5 Å². The number of hydrogen-bond acceptors (Lipinski definition) is 5. The minimum Gasteiger partial charge on any atom is -0.496 e. The van der Waals surface area contributed by atoms with Crippen molar-refractivity contribution in [2.45, 2.75) is 65.1 Å². The summed E-state index contributed by atoms with van der Waals surface area (Å²) in [6, 6.07) is 20.4. The molecule has 10 heteroatoms. The van der Waals surface area contributed by atoms with Crippen molar-refractivity contribution in [3.05, 3.63) is 87.8 Å². The van der Waals surface area contributed by atoms with Crippen LogP contribution in [0.4, 0.5) is 4.79 Å². The van der Waals surface area contributed by atoms with Crippen LogP contribution in [-0.4, -0.2) is 58.6 Å². The second kappa shape index (κ2) is 13.7. The van der Waals surface area contributed by atoms with Gasteiger partial charge in [0.15, 0.2) is 0 Å². The molecule has 3 aromatic carbocycles. The minimum atomic E-state index is -0.909. The van der Waals surface area contributed by atoms with Gasteiger partial charge >= 0.3 is 6.09 Å². The lowest BCUT2D eigenvalue weighted by atomic mass is 9.87. The molecule has 46 heavy (non-hydrogen) atoms. The van der Waals surface area contributed by atoms with Crippen LogP contribution >= 0.6 is 22.9 Å². The van der Waals surface area contributed by atoms with Gasteiger partial charge in [0.05, 0.1) is 12.1 Å². The molecule has 0 spiro atoms. The fourth-order valence-electron chi connectivity index (χ4n) is 6.29. The summed E-state index contributed by atoms with van der Waals surface area (Å²) in [7, 11) is 1.61. The molecule has 1 heterocycles. The Labute approximate surface area is 278 Å². The molecule has 0 radical (unpaired) electrons. The topological polar surface area (TPSA) is 113 Å². The summed E-state index contributed by atoms with van der Waals surface area (Å²) in [4.78, 5) is 42.2. The molecule has 1 saturated carbocycles. The SMILES string of the molecule is COc1ccc(-c2ccc(C(N)=O)cc2)cc1CN(C(=O)c1sc2ccccc2c1Cl)C1CCC(N(CC(C)(C)C)C(=O)O)CC1. The summed E-state index contributed by atoms with van der Waals surface area (Å²) in [5.41, 5.74) is 8.32. The molecule has 1 aliphatic carbocycles. The predicted octanol–water partition coefficient (Wildman–Crippen LogP) is 8.31. The van der Waals surface area contributed by atoms with Gasteiger partial charge in [-0.15, -0.1) is 11.3 Å². The number of amides is 3. The highest BCUT2D eigenvalue weighted by Gasteiger charge is 2.36. The first-order chi connectivity index (χ1) is 21.9. The van der Waals surface area contributed by atoms with E-state index < -0.39 is 12.0 Å². The number of halogens is 1. The zero-order chi connectivity index (χ0) is 33.2. The fraction of sp³-hybridized carbons (Fsp3) is 0.361. The highest BCUT2D eigenvalue weighted by atomic mass is 35.5. The normalized spacial score (nSPS) is 16.6. The highest BCUT2D eigenvalue weighted by molar-refractivity contribution is 7.21. The van der Waals surface area contributed by atoms with E-state index in [1.165, 1.54) is 11.3 Å². The molecule has 8 nitrogen and oxygen atoms in total. The molecular weight excluding hydrogens is 622 g/mol. The molecule has 0 unspecified atom stereocenters. The quantitative estimate of drug-likeness (QED) is 0.187. The predicted molar refractivity (Wildman–Crippen MR) is 184 cm³/mol. The lowest BCUT2D eigenvalue weighted by Crippen LogP contribution is -2.49. The van der Waals surface area contributed by atoms with Gasteiger partial charge in [-0.05, 0) is 72.6 Å².